The van der Waals surface area contributed by atoms with E-state index in [2.05, 4.69) is 5.16 Å². The highest BCUT2D eigenvalue weighted by molar-refractivity contribution is 8.00. The number of thioether (sulfide) groups is 1. The van der Waals surface area contributed by atoms with Crippen LogP contribution >= 0.6 is 23.9 Å². The van der Waals surface area contributed by atoms with Crippen LogP contribution in [0.2, 0.25) is 0 Å². The third-order valence-corrected chi connectivity index (χ3v) is 4.75. The van der Waals surface area contributed by atoms with Gasteiger partial charge >= 0.3 is 6.09 Å². The van der Waals surface area contributed by atoms with E-state index in [-0.39, 0.29) is 4.75 Å². The Morgan fingerprint density at radius 1 is 1.32 bits per heavy atom. The summed E-state index contributed by atoms with van der Waals surface area (Å²) >= 11 is 2.91. The number of carbonyl (C=O) groups excluding carboxylic acids is 1. The maximum absolute atomic E-state index is 11.8. The van der Waals surface area contributed by atoms with Gasteiger partial charge in [0.25, 0.3) is 0 Å². The first-order chi connectivity index (χ1) is 10.3. The van der Waals surface area contributed by atoms with Gasteiger partial charge < -0.3 is 0 Å². The second kappa shape index (κ2) is 9.07. The number of nitrogens with zero attached hydrogens (tertiary/aromatic N) is 3. The predicted molar refractivity (Wildman–Crippen MR) is 95.8 cm³/mol. The Kier molecular flexibility index (Phi) is 7.78. The molecule has 0 heterocycles. The molecule has 0 atom stereocenters. The fourth-order valence-electron chi connectivity index (χ4n) is 1.42. The van der Waals surface area contributed by atoms with E-state index in [0.29, 0.717) is 0 Å². The topological polar surface area (TPSA) is 45.1 Å². The maximum Gasteiger partial charge on any atom is 0.446 e. The third-order valence-electron chi connectivity index (χ3n) is 2.79. The molecule has 7 heteroatoms. The summed E-state index contributed by atoms with van der Waals surface area (Å²) in [6.45, 7) is 4.73. The zero-order valence-corrected chi connectivity index (χ0v) is 15.3. The monoisotopic (exact) mass is 341 g/mol. The molecule has 22 heavy (non-hydrogen) atoms. The van der Waals surface area contributed by atoms with Crippen LogP contribution in [0.25, 0.3) is 0 Å². The molecule has 0 aliphatic heterocycles. The molecule has 0 aliphatic carbocycles. The van der Waals surface area contributed by atoms with Crippen molar-refractivity contribution in [3.8, 4) is 0 Å². The van der Waals surface area contributed by atoms with Crippen molar-refractivity contribution in [2.45, 2.75) is 25.1 Å². The van der Waals surface area contributed by atoms with E-state index in [0.717, 1.165) is 6.54 Å². The van der Waals surface area contributed by atoms with E-state index >= 15 is 0 Å². The van der Waals surface area contributed by atoms with Gasteiger partial charge in [-0.05, 0) is 32.7 Å². The number of rotatable bonds is 7. The van der Waals surface area contributed by atoms with Gasteiger partial charge in [-0.25, -0.2) is 13.4 Å². The van der Waals surface area contributed by atoms with Crippen LogP contribution in [0.15, 0.2) is 35.5 Å². The van der Waals surface area contributed by atoms with E-state index in [4.69, 9.17) is 4.84 Å². The summed E-state index contributed by atoms with van der Waals surface area (Å²) in [5.74, 6) is 0. The van der Waals surface area contributed by atoms with E-state index in [1.807, 2.05) is 61.8 Å². The van der Waals surface area contributed by atoms with Gasteiger partial charge in [0.1, 0.15) is 0 Å². The Hall–Kier alpha value is -1.18. The molecule has 0 aliphatic rings. The summed E-state index contributed by atoms with van der Waals surface area (Å²) in [6, 6.07) is 10.1. The van der Waals surface area contributed by atoms with Crippen LogP contribution in [0.5, 0.6) is 0 Å². The van der Waals surface area contributed by atoms with Gasteiger partial charge in [-0.3, -0.25) is 4.84 Å². The quantitative estimate of drug-likeness (QED) is 0.326. The van der Waals surface area contributed by atoms with Gasteiger partial charge in [0.05, 0.1) is 6.21 Å². The first kappa shape index (κ1) is 18.9. The van der Waals surface area contributed by atoms with Crippen LogP contribution in [0.3, 0.4) is 0 Å². The number of hydrogen-bond donors (Lipinski definition) is 0. The van der Waals surface area contributed by atoms with Crippen LogP contribution in [0.1, 0.15) is 19.4 Å². The van der Waals surface area contributed by atoms with E-state index in [9.17, 15) is 4.79 Å². The van der Waals surface area contributed by atoms with Crippen LogP contribution in [0, 0.1) is 0 Å². The first-order valence-corrected chi connectivity index (χ1v) is 8.77. The van der Waals surface area contributed by atoms with Gasteiger partial charge in [0.2, 0.25) is 0 Å². The fourth-order valence-corrected chi connectivity index (χ4v) is 2.29. The molecule has 0 N–H and O–H groups in total. The Morgan fingerprint density at radius 3 is 2.55 bits per heavy atom. The summed E-state index contributed by atoms with van der Waals surface area (Å²) in [4.78, 5) is 16.7. The molecule has 1 amide bonds. The minimum absolute atomic E-state index is 0.157. The molecule has 1 rings (SSSR count). The Bertz CT molecular complexity index is 495. The molecule has 5 nitrogen and oxygen atoms in total. The molecule has 0 saturated carbocycles. The van der Waals surface area contributed by atoms with Crippen LogP contribution < -0.4 is 0 Å². The second-order valence-corrected chi connectivity index (χ2v) is 8.04. The molecule has 0 saturated heterocycles. The molecular weight excluding hydrogens is 318 g/mol. The number of amides is 1. The molecule has 0 bridgehead atoms. The highest BCUT2D eigenvalue weighted by Crippen LogP contribution is 2.19. The zero-order chi connectivity index (χ0) is 16.6. The van der Waals surface area contributed by atoms with Gasteiger partial charge in [0.15, 0.2) is 0 Å². The second-order valence-electron chi connectivity index (χ2n) is 5.25. The smallest absolute Gasteiger partial charge is 0.298 e. The standard InChI is InChI=1S/C15H23N3O2S2/c1-15(2,21-5)12-16-20-14(19)18(4)22-17(3)11-13-9-7-6-8-10-13/h6-10,12H,11H2,1-5H3/b16-12+. The summed E-state index contributed by atoms with van der Waals surface area (Å²) < 4.78 is 3.20. The number of benzene rings is 1. The number of oxime groups is 1. The number of hydrogen-bond acceptors (Lipinski definition) is 6. The van der Waals surface area contributed by atoms with Crippen LogP contribution in [-0.2, 0) is 11.4 Å². The van der Waals surface area contributed by atoms with Crippen LogP contribution in [-0.4, -0.2) is 46.0 Å². The van der Waals surface area contributed by atoms with Crippen molar-refractivity contribution in [3.63, 3.8) is 0 Å². The van der Waals surface area contributed by atoms with Crippen molar-refractivity contribution in [1.82, 2.24) is 8.61 Å². The number of carbonyl (C=O) groups is 1. The van der Waals surface area contributed by atoms with Gasteiger partial charge in [0, 0.05) is 30.5 Å². The van der Waals surface area contributed by atoms with Crippen molar-refractivity contribution < 1.29 is 9.63 Å². The molecule has 0 aromatic heterocycles. The van der Waals surface area contributed by atoms with Gasteiger partial charge in [-0.2, -0.15) is 11.8 Å². The lowest BCUT2D eigenvalue weighted by atomic mass is 10.2. The summed E-state index contributed by atoms with van der Waals surface area (Å²) in [6.07, 6.45) is 3.11. The van der Waals surface area contributed by atoms with E-state index < -0.39 is 6.09 Å². The van der Waals surface area contributed by atoms with E-state index in [1.54, 1.807) is 25.0 Å². The third kappa shape index (κ3) is 7.20. The lowest BCUT2D eigenvalue weighted by Crippen LogP contribution is -2.25. The minimum atomic E-state index is -0.502. The lowest BCUT2D eigenvalue weighted by molar-refractivity contribution is 0.136. The fraction of sp³-hybridized carbons (Fsp3) is 0.467. The van der Waals surface area contributed by atoms with Gasteiger partial charge in [-0.1, -0.05) is 35.5 Å². The average molecular weight is 342 g/mol. The average Bonchev–Trinajstić information content (AvgIpc) is 2.47. The predicted octanol–water partition coefficient (Wildman–Crippen LogP) is 3.88. The van der Waals surface area contributed by atoms with Crippen molar-refractivity contribution in [3.05, 3.63) is 35.9 Å². The van der Waals surface area contributed by atoms with E-state index in [1.165, 1.54) is 22.0 Å². The molecule has 0 fully saturated rings. The molecular formula is C15H23N3O2S2. The SMILES string of the molecule is CSC(C)(C)/C=N/OC(=O)N(C)SN(C)Cc1ccccc1. The van der Waals surface area contributed by atoms with Crippen LogP contribution in [0.4, 0.5) is 4.79 Å². The highest BCUT2D eigenvalue weighted by Gasteiger charge is 2.16. The Morgan fingerprint density at radius 2 is 1.95 bits per heavy atom. The maximum atomic E-state index is 11.8. The van der Waals surface area contributed by atoms with Crippen molar-refractivity contribution in [1.29, 1.82) is 0 Å². The molecule has 0 unspecified atom stereocenters. The molecule has 1 aromatic rings. The highest BCUT2D eigenvalue weighted by atomic mass is 32.2. The molecule has 0 spiro atoms. The molecule has 1 aromatic carbocycles. The van der Waals surface area contributed by atoms with Crippen molar-refractivity contribution in [2.75, 3.05) is 20.4 Å². The normalized spacial score (nSPS) is 11.9. The first-order valence-electron chi connectivity index (χ1n) is 6.81. The minimum Gasteiger partial charge on any atom is -0.298 e. The Labute approximate surface area is 141 Å². The summed E-state index contributed by atoms with van der Waals surface area (Å²) in [5.41, 5.74) is 1.18. The van der Waals surface area contributed by atoms with Crippen molar-refractivity contribution >= 4 is 36.2 Å². The molecule has 0 radical (unpaired) electrons. The van der Waals surface area contributed by atoms with Crippen molar-refractivity contribution in [2.24, 2.45) is 5.16 Å². The zero-order valence-electron chi connectivity index (χ0n) is 13.6. The summed E-state index contributed by atoms with van der Waals surface area (Å²) in [5, 5.41) is 3.76. The lowest BCUT2D eigenvalue weighted by Gasteiger charge is -2.21. The largest absolute Gasteiger partial charge is 0.446 e. The Balaban J connectivity index is 2.40. The summed E-state index contributed by atoms with van der Waals surface area (Å²) in [7, 11) is 3.57. The molecule has 122 valence electrons. The van der Waals surface area contributed by atoms with Gasteiger partial charge in [-0.15, -0.1) is 0 Å².